The molecule has 0 bridgehead atoms. The first-order valence-corrected chi connectivity index (χ1v) is 8.35. The van der Waals surface area contributed by atoms with Gasteiger partial charge in [-0.2, -0.15) is 5.26 Å². The molecule has 1 N–H and O–H groups in total. The molecule has 0 atom stereocenters. The van der Waals surface area contributed by atoms with E-state index in [0.29, 0.717) is 5.13 Å². The molecule has 0 unspecified atom stereocenters. The van der Waals surface area contributed by atoms with Gasteiger partial charge < -0.3 is 4.57 Å². The number of hydrogen-bond acceptors (Lipinski definition) is 6. The minimum atomic E-state index is -0.500. The third-order valence-electron chi connectivity index (χ3n) is 3.36. The van der Waals surface area contributed by atoms with Gasteiger partial charge in [-0.15, -0.1) is 10.2 Å². The van der Waals surface area contributed by atoms with Crippen LogP contribution < -0.4 is 5.32 Å². The number of hydrogen-bond donors (Lipinski definition) is 1. The summed E-state index contributed by atoms with van der Waals surface area (Å²) in [5, 5.41) is 20.9. The lowest BCUT2D eigenvalue weighted by Gasteiger charge is -2.03. The molecule has 0 aliphatic carbocycles. The molecule has 3 aromatic rings. The van der Waals surface area contributed by atoms with Crippen molar-refractivity contribution in [2.75, 3.05) is 5.32 Å². The first kappa shape index (κ1) is 16.5. The van der Waals surface area contributed by atoms with Crippen LogP contribution in [0.15, 0.2) is 48.6 Å². The number of aryl methyl sites for hydroxylation is 1. The van der Waals surface area contributed by atoms with Crippen LogP contribution in [0.3, 0.4) is 0 Å². The lowest BCUT2D eigenvalue weighted by molar-refractivity contribution is -0.112. The molecule has 2 heterocycles. The Labute approximate surface area is 148 Å². The summed E-state index contributed by atoms with van der Waals surface area (Å²) in [5.41, 5.74) is 1.70. The molecule has 1 amide bonds. The normalized spacial score (nSPS) is 11.1. The third-order valence-corrected chi connectivity index (χ3v) is 4.34. The Kier molecular flexibility index (Phi) is 4.97. The molecule has 8 heteroatoms. The van der Waals surface area contributed by atoms with E-state index in [0.717, 1.165) is 22.7 Å². The minimum Gasteiger partial charge on any atom is -0.306 e. The summed E-state index contributed by atoms with van der Waals surface area (Å²) in [6.45, 7) is 1.96. The summed E-state index contributed by atoms with van der Waals surface area (Å²) in [6.07, 6.45) is 7.52. The van der Waals surface area contributed by atoms with Gasteiger partial charge in [0.2, 0.25) is 5.13 Å². The fourth-order valence-electron chi connectivity index (χ4n) is 2.08. The summed E-state index contributed by atoms with van der Waals surface area (Å²) >= 11 is 1.30. The van der Waals surface area contributed by atoms with E-state index in [4.69, 9.17) is 0 Å². The number of carbonyl (C=O) groups excluding carboxylic acids is 1. The predicted molar refractivity (Wildman–Crippen MR) is 95.1 cm³/mol. The number of anilines is 1. The average molecular weight is 350 g/mol. The molecule has 0 saturated carbocycles. The Morgan fingerprint density at radius 2 is 2.16 bits per heavy atom. The van der Waals surface area contributed by atoms with E-state index in [1.54, 1.807) is 12.5 Å². The van der Waals surface area contributed by atoms with E-state index in [9.17, 15) is 10.1 Å². The minimum absolute atomic E-state index is 0.00336. The molecule has 0 aliphatic heterocycles. The van der Waals surface area contributed by atoms with E-state index in [-0.39, 0.29) is 5.57 Å². The first-order chi connectivity index (χ1) is 12.2. The highest BCUT2D eigenvalue weighted by molar-refractivity contribution is 7.15. The van der Waals surface area contributed by atoms with E-state index in [2.05, 4.69) is 20.5 Å². The van der Waals surface area contributed by atoms with Crippen LogP contribution in [0.25, 0.3) is 11.8 Å². The van der Waals surface area contributed by atoms with Gasteiger partial charge >= 0.3 is 0 Å². The maximum atomic E-state index is 12.2. The van der Waals surface area contributed by atoms with E-state index in [1.807, 2.05) is 48.0 Å². The maximum absolute atomic E-state index is 12.2. The fourth-order valence-corrected chi connectivity index (χ4v) is 2.76. The van der Waals surface area contributed by atoms with Gasteiger partial charge in [0.25, 0.3) is 5.91 Å². The smallest absolute Gasteiger partial charge is 0.268 e. The van der Waals surface area contributed by atoms with Gasteiger partial charge in [-0.05, 0) is 30.2 Å². The Bertz CT molecular complexity index is 934. The van der Waals surface area contributed by atoms with Crippen LogP contribution in [0.4, 0.5) is 5.13 Å². The number of nitrogens with one attached hydrogen (secondary N) is 1. The fraction of sp³-hybridized carbons (Fsp3) is 0.118. The van der Waals surface area contributed by atoms with Crippen molar-refractivity contribution in [3.8, 4) is 11.8 Å². The standard InChI is InChI=1S/C17H14N6OS/c1-2-15-21-22-17(25-15)20-16(24)13(10-18)9-12-3-5-14(6-4-12)23-8-7-19-11-23/h3-9,11H,2H2,1H3,(H,20,22,24). The molecule has 25 heavy (non-hydrogen) atoms. The Hall–Kier alpha value is -3.31. The lowest BCUT2D eigenvalue weighted by atomic mass is 10.1. The SMILES string of the molecule is CCc1nnc(NC(=O)C(C#N)=Cc2ccc(-n3ccnc3)cc2)s1. The number of aromatic nitrogens is 4. The molecule has 2 aromatic heterocycles. The number of imidazole rings is 1. The highest BCUT2D eigenvalue weighted by Gasteiger charge is 2.12. The molecular formula is C17H14N6OS. The van der Waals surface area contributed by atoms with Crippen LogP contribution in [0, 0.1) is 11.3 Å². The van der Waals surface area contributed by atoms with Crippen LogP contribution in [-0.2, 0) is 11.2 Å². The molecule has 1 aromatic carbocycles. The summed E-state index contributed by atoms with van der Waals surface area (Å²) in [6, 6.07) is 9.37. The highest BCUT2D eigenvalue weighted by Crippen LogP contribution is 2.17. The second kappa shape index (κ2) is 7.51. The number of amides is 1. The van der Waals surface area contributed by atoms with Gasteiger partial charge in [0.15, 0.2) is 0 Å². The predicted octanol–water partition coefficient (Wildman–Crippen LogP) is 2.83. The van der Waals surface area contributed by atoms with Crippen molar-refractivity contribution in [2.45, 2.75) is 13.3 Å². The van der Waals surface area contributed by atoms with E-state index in [1.165, 1.54) is 17.4 Å². The van der Waals surface area contributed by atoms with Crippen molar-refractivity contribution < 1.29 is 4.79 Å². The van der Waals surface area contributed by atoms with Crippen LogP contribution in [0.5, 0.6) is 0 Å². The zero-order valence-electron chi connectivity index (χ0n) is 13.4. The molecule has 3 rings (SSSR count). The van der Waals surface area contributed by atoms with Crippen LogP contribution in [0.1, 0.15) is 17.5 Å². The van der Waals surface area contributed by atoms with E-state index >= 15 is 0 Å². The van der Waals surface area contributed by atoms with Crippen LogP contribution in [-0.4, -0.2) is 25.7 Å². The molecule has 0 saturated heterocycles. The van der Waals surface area contributed by atoms with Gasteiger partial charge in [-0.1, -0.05) is 30.4 Å². The largest absolute Gasteiger partial charge is 0.306 e. The molecule has 124 valence electrons. The maximum Gasteiger partial charge on any atom is 0.268 e. The van der Waals surface area contributed by atoms with Gasteiger partial charge in [0.1, 0.15) is 16.6 Å². The lowest BCUT2D eigenvalue weighted by Crippen LogP contribution is -2.13. The molecule has 0 spiro atoms. The van der Waals surface area contributed by atoms with Crippen molar-refractivity contribution in [3.63, 3.8) is 0 Å². The second-order valence-corrected chi connectivity index (χ2v) is 6.10. The second-order valence-electron chi connectivity index (χ2n) is 5.04. The van der Waals surface area contributed by atoms with Crippen LogP contribution >= 0.6 is 11.3 Å². The summed E-state index contributed by atoms with van der Waals surface area (Å²) in [5.74, 6) is -0.500. The third kappa shape index (κ3) is 3.97. The zero-order chi connectivity index (χ0) is 17.6. The topological polar surface area (TPSA) is 96.5 Å². The number of rotatable bonds is 5. The number of benzene rings is 1. The quantitative estimate of drug-likeness (QED) is 0.564. The van der Waals surface area contributed by atoms with Crippen molar-refractivity contribution in [1.29, 1.82) is 5.26 Å². The van der Waals surface area contributed by atoms with Gasteiger partial charge in [-0.3, -0.25) is 10.1 Å². The summed E-state index contributed by atoms with van der Waals surface area (Å²) in [7, 11) is 0. The van der Waals surface area contributed by atoms with E-state index < -0.39 is 5.91 Å². The first-order valence-electron chi connectivity index (χ1n) is 7.53. The number of carbonyl (C=O) groups is 1. The molecule has 0 radical (unpaired) electrons. The van der Waals surface area contributed by atoms with Crippen molar-refractivity contribution >= 4 is 28.5 Å². The number of nitrogens with zero attached hydrogens (tertiary/aromatic N) is 5. The molecular weight excluding hydrogens is 336 g/mol. The Morgan fingerprint density at radius 1 is 1.36 bits per heavy atom. The van der Waals surface area contributed by atoms with Gasteiger partial charge in [-0.25, -0.2) is 4.98 Å². The van der Waals surface area contributed by atoms with Crippen molar-refractivity contribution in [2.24, 2.45) is 0 Å². The number of nitriles is 1. The van der Waals surface area contributed by atoms with Gasteiger partial charge in [0, 0.05) is 18.1 Å². The average Bonchev–Trinajstić information content (AvgIpc) is 3.32. The monoisotopic (exact) mass is 350 g/mol. The molecule has 7 nitrogen and oxygen atoms in total. The Morgan fingerprint density at radius 3 is 2.76 bits per heavy atom. The highest BCUT2D eigenvalue weighted by atomic mass is 32.1. The zero-order valence-corrected chi connectivity index (χ0v) is 14.2. The van der Waals surface area contributed by atoms with Crippen molar-refractivity contribution in [1.82, 2.24) is 19.7 Å². The summed E-state index contributed by atoms with van der Waals surface area (Å²) < 4.78 is 1.87. The van der Waals surface area contributed by atoms with Crippen LogP contribution in [0.2, 0.25) is 0 Å². The summed E-state index contributed by atoms with van der Waals surface area (Å²) in [4.78, 5) is 16.2. The molecule has 0 aliphatic rings. The van der Waals surface area contributed by atoms with Crippen molar-refractivity contribution in [3.05, 3.63) is 59.1 Å². The van der Waals surface area contributed by atoms with Gasteiger partial charge in [0.05, 0.1) is 6.33 Å². The molecule has 0 fully saturated rings. The Balaban J connectivity index is 1.75.